The van der Waals surface area contributed by atoms with Gasteiger partial charge >= 0.3 is 0 Å². The molecule has 4 rings (SSSR count). The minimum absolute atomic E-state index is 0.620. The van der Waals surface area contributed by atoms with Crippen LogP contribution in [0, 0.1) is 18.3 Å². The highest BCUT2D eigenvalue weighted by atomic mass is 35.5. The van der Waals surface area contributed by atoms with Crippen molar-refractivity contribution in [2.75, 3.05) is 16.8 Å². The third kappa shape index (κ3) is 5.82. The number of aromatic nitrogens is 2. The van der Waals surface area contributed by atoms with E-state index >= 15 is 0 Å². The van der Waals surface area contributed by atoms with Gasteiger partial charge in [0.1, 0.15) is 0 Å². The molecule has 0 amide bonds. The number of hydrogen-bond donors (Lipinski definition) is 1. The molecular weight excluding hydrogens is 462 g/mol. The van der Waals surface area contributed by atoms with E-state index < -0.39 is 0 Å². The van der Waals surface area contributed by atoms with E-state index in [0.29, 0.717) is 28.8 Å². The van der Waals surface area contributed by atoms with Crippen LogP contribution >= 0.6 is 23.8 Å². The Morgan fingerprint density at radius 1 is 1.09 bits per heavy atom. The summed E-state index contributed by atoms with van der Waals surface area (Å²) in [6.45, 7) is 3.46. The van der Waals surface area contributed by atoms with Crippen molar-refractivity contribution in [2.45, 2.75) is 19.9 Å². The average Bonchev–Trinajstić information content (AvgIpc) is 3.29. The highest BCUT2D eigenvalue weighted by molar-refractivity contribution is 7.80. The number of anilines is 2. The number of hydrogen-bond acceptors (Lipinski definition) is 3. The maximum absolute atomic E-state index is 9.02. The number of nitrogens with one attached hydrogen (secondary N) is 1. The maximum atomic E-state index is 9.02. The van der Waals surface area contributed by atoms with Crippen molar-refractivity contribution in [3.63, 3.8) is 0 Å². The average molecular weight is 486 g/mol. The summed E-state index contributed by atoms with van der Waals surface area (Å²) in [7, 11) is 0. The quantitative estimate of drug-likeness (QED) is 0.315. The highest BCUT2D eigenvalue weighted by Crippen LogP contribution is 2.22. The van der Waals surface area contributed by atoms with Crippen LogP contribution in [0.4, 0.5) is 11.4 Å². The summed E-state index contributed by atoms with van der Waals surface area (Å²) in [5.74, 6) is 0. The van der Waals surface area contributed by atoms with Crippen LogP contribution in [0.15, 0.2) is 85.3 Å². The van der Waals surface area contributed by atoms with E-state index in [2.05, 4.69) is 44.9 Å². The number of aryl methyl sites for hydroxylation is 1. The Kier molecular flexibility index (Phi) is 7.58. The van der Waals surface area contributed by atoms with Gasteiger partial charge in [-0.15, -0.1) is 0 Å². The molecule has 0 saturated heterocycles. The van der Waals surface area contributed by atoms with E-state index in [-0.39, 0.29) is 0 Å². The molecule has 4 aromatic rings. The topological polar surface area (TPSA) is 56.9 Å². The Morgan fingerprint density at radius 3 is 2.53 bits per heavy atom. The van der Waals surface area contributed by atoms with E-state index in [1.165, 1.54) is 0 Å². The van der Waals surface area contributed by atoms with Crippen molar-refractivity contribution in [2.24, 2.45) is 0 Å². The van der Waals surface area contributed by atoms with Gasteiger partial charge in [0.15, 0.2) is 5.11 Å². The van der Waals surface area contributed by atoms with Crippen molar-refractivity contribution in [3.8, 4) is 6.07 Å². The fraction of sp³-hybridized carbons (Fsp3) is 0.148. The van der Waals surface area contributed by atoms with E-state index in [4.69, 9.17) is 29.1 Å². The van der Waals surface area contributed by atoms with Gasteiger partial charge in [0, 0.05) is 47.8 Å². The van der Waals surface area contributed by atoms with Gasteiger partial charge in [0.05, 0.1) is 18.0 Å². The molecule has 7 heteroatoms. The van der Waals surface area contributed by atoms with Gasteiger partial charge in [-0.3, -0.25) is 0 Å². The van der Waals surface area contributed by atoms with Gasteiger partial charge in [-0.1, -0.05) is 41.9 Å². The lowest BCUT2D eigenvalue weighted by molar-refractivity contribution is 0.731. The van der Waals surface area contributed by atoms with E-state index in [1.54, 1.807) is 0 Å². The largest absolute Gasteiger partial charge is 0.332 e. The van der Waals surface area contributed by atoms with E-state index in [0.717, 1.165) is 34.6 Å². The van der Waals surface area contributed by atoms with Gasteiger partial charge in [-0.25, -0.2) is 4.98 Å². The summed E-state index contributed by atoms with van der Waals surface area (Å²) in [6.07, 6.45) is 4.50. The molecule has 0 fully saturated rings. The monoisotopic (exact) mass is 485 g/mol. The molecule has 0 saturated carbocycles. The molecule has 1 heterocycles. The van der Waals surface area contributed by atoms with Crippen molar-refractivity contribution in [1.29, 1.82) is 5.26 Å². The Morgan fingerprint density at radius 2 is 1.82 bits per heavy atom. The van der Waals surface area contributed by atoms with Crippen LogP contribution in [0.5, 0.6) is 0 Å². The first-order chi connectivity index (χ1) is 16.5. The van der Waals surface area contributed by atoms with Gasteiger partial charge in [-0.2, -0.15) is 5.26 Å². The first kappa shape index (κ1) is 23.5. The standard InChI is InChI=1S/C27H24ClN5S/c1-20-4-2-3-5-26(20)33(27(34)31-24-12-10-23(28)11-13-24)15-14-25-17-30-19-32(25)18-22-8-6-21(16-29)7-9-22/h2-13,17,19H,14-15,18H2,1H3,(H,31,34). The third-order valence-electron chi connectivity index (χ3n) is 5.57. The summed E-state index contributed by atoms with van der Waals surface area (Å²) in [5, 5.41) is 13.7. The van der Waals surface area contributed by atoms with Crippen LogP contribution in [-0.2, 0) is 13.0 Å². The number of halogens is 1. The second-order valence-electron chi connectivity index (χ2n) is 7.95. The molecule has 0 bridgehead atoms. The SMILES string of the molecule is Cc1ccccc1N(CCc1cncn1Cc1ccc(C#N)cc1)C(=S)Nc1ccc(Cl)cc1. The summed E-state index contributed by atoms with van der Waals surface area (Å²) in [5.41, 5.74) is 5.98. The Labute approximate surface area is 210 Å². The van der Waals surface area contributed by atoms with E-state index in [9.17, 15) is 0 Å². The molecular formula is C27H24ClN5S. The summed E-state index contributed by atoms with van der Waals surface area (Å²) >= 11 is 11.8. The normalized spacial score (nSPS) is 10.5. The molecule has 0 aliphatic carbocycles. The highest BCUT2D eigenvalue weighted by Gasteiger charge is 2.16. The molecule has 0 aliphatic rings. The van der Waals surface area contributed by atoms with Crippen LogP contribution in [0.2, 0.25) is 5.02 Å². The van der Waals surface area contributed by atoms with Crippen molar-refractivity contribution >= 4 is 40.3 Å². The Hall–Kier alpha value is -3.66. The third-order valence-corrected chi connectivity index (χ3v) is 6.15. The number of benzene rings is 3. The minimum Gasteiger partial charge on any atom is -0.332 e. The second-order valence-corrected chi connectivity index (χ2v) is 8.77. The number of thiocarbonyl (C=S) groups is 1. The van der Waals surface area contributed by atoms with Crippen LogP contribution in [-0.4, -0.2) is 21.2 Å². The molecule has 0 atom stereocenters. The van der Waals surface area contributed by atoms with Crippen molar-refractivity contribution < 1.29 is 0 Å². The molecule has 0 aliphatic heterocycles. The first-order valence-corrected chi connectivity index (χ1v) is 11.7. The predicted octanol–water partition coefficient (Wildman–Crippen LogP) is 6.21. The molecule has 1 N–H and O–H groups in total. The van der Waals surface area contributed by atoms with Gasteiger partial charge in [0.25, 0.3) is 0 Å². The molecule has 5 nitrogen and oxygen atoms in total. The molecule has 170 valence electrons. The van der Waals surface area contributed by atoms with Gasteiger partial charge < -0.3 is 14.8 Å². The number of para-hydroxylation sites is 1. The van der Waals surface area contributed by atoms with Crippen LogP contribution in [0.3, 0.4) is 0 Å². The molecule has 0 radical (unpaired) electrons. The predicted molar refractivity (Wildman–Crippen MR) is 142 cm³/mol. The van der Waals surface area contributed by atoms with Crippen LogP contribution < -0.4 is 10.2 Å². The lowest BCUT2D eigenvalue weighted by Crippen LogP contribution is -2.37. The minimum atomic E-state index is 0.620. The zero-order valence-corrected chi connectivity index (χ0v) is 20.4. The molecule has 34 heavy (non-hydrogen) atoms. The number of rotatable bonds is 7. The van der Waals surface area contributed by atoms with Crippen LogP contribution in [0.1, 0.15) is 22.4 Å². The number of imidazole rings is 1. The summed E-state index contributed by atoms with van der Waals surface area (Å²) in [6, 6.07) is 25.5. The zero-order valence-electron chi connectivity index (χ0n) is 18.8. The number of nitriles is 1. The smallest absolute Gasteiger partial charge is 0.177 e. The zero-order chi connectivity index (χ0) is 23.9. The van der Waals surface area contributed by atoms with Crippen LogP contribution in [0.25, 0.3) is 0 Å². The van der Waals surface area contributed by atoms with Crippen molar-refractivity contribution in [3.05, 3.63) is 113 Å². The van der Waals surface area contributed by atoms with E-state index in [1.807, 2.05) is 73.2 Å². The Balaban J connectivity index is 1.51. The maximum Gasteiger partial charge on any atom is 0.177 e. The molecule has 0 spiro atoms. The second kappa shape index (κ2) is 11.0. The lowest BCUT2D eigenvalue weighted by atomic mass is 10.1. The molecule has 1 aromatic heterocycles. The molecule has 3 aromatic carbocycles. The van der Waals surface area contributed by atoms with Gasteiger partial charge in [0.2, 0.25) is 0 Å². The number of nitrogens with zero attached hydrogens (tertiary/aromatic N) is 4. The fourth-order valence-electron chi connectivity index (χ4n) is 3.73. The van der Waals surface area contributed by atoms with Crippen molar-refractivity contribution in [1.82, 2.24) is 9.55 Å². The van der Waals surface area contributed by atoms with Gasteiger partial charge in [-0.05, 0) is 72.7 Å². The lowest BCUT2D eigenvalue weighted by Gasteiger charge is -2.27. The summed E-state index contributed by atoms with van der Waals surface area (Å²) in [4.78, 5) is 6.50. The molecule has 0 unspecified atom stereocenters. The summed E-state index contributed by atoms with van der Waals surface area (Å²) < 4.78 is 2.13. The first-order valence-electron chi connectivity index (χ1n) is 10.9. The Bertz CT molecular complexity index is 1310. The fourth-order valence-corrected chi connectivity index (χ4v) is 4.16.